The van der Waals surface area contributed by atoms with Gasteiger partial charge in [0, 0.05) is 32.7 Å². The van der Waals surface area contributed by atoms with Crippen LogP contribution in [0.3, 0.4) is 0 Å². The van der Waals surface area contributed by atoms with Gasteiger partial charge in [-0.15, -0.1) is 0 Å². The number of benzene rings is 11. The molecular weight excluding hydrogens is 813 g/mol. The number of hydrogen-bond donors (Lipinski definition) is 0. The zero-order valence-electron chi connectivity index (χ0n) is 36.2. The molecule has 0 bridgehead atoms. The van der Waals surface area contributed by atoms with Gasteiger partial charge in [-0.3, -0.25) is 0 Å². The van der Waals surface area contributed by atoms with Crippen molar-refractivity contribution in [2.24, 2.45) is 0 Å². The predicted octanol–water partition coefficient (Wildman–Crippen LogP) is 16.4. The summed E-state index contributed by atoms with van der Waals surface area (Å²) >= 11 is 0. The minimum Gasteiger partial charge on any atom is -0.309 e. The molecule has 0 fully saturated rings. The van der Waals surface area contributed by atoms with Crippen molar-refractivity contribution in [3.63, 3.8) is 0 Å². The van der Waals surface area contributed by atoms with Crippen LogP contribution in [0.2, 0.25) is 0 Å². The summed E-state index contributed by atoms with van der Waals surface area (Å²) in [6.45, 7) is 0. The number of hydrogen-bond acceptors (Lipinski definition) is 3. The lowest BCUT2D eigenvalue weighted by atomic mass is 9.97. The summed E-state index contributed by atoms with van der Waals surface area (Å²) in [6, 6.07) is 84.2. The van der Waals surface area contributed by atoms with Gasteiger partial charge in [0.15, 0.2) is 5.82 Å². The Labute approximate surface area is 386 Å². The third kappa shape index (κ3) is 6.52. The van der Waals surface area contributed by atoms with Crippen molar-refractivity contribution in [1.82, 2.24) is 14.5 Å². The average molecular weight is 851 g/mol. The van der Waals surface area contributed by atoms with Crippen molar-refractivity contribution in [2.75, 3.05) is 0 Å². The molecule has 0 aliphatic rings. The van der Waals surface area contributed by atoms with E-state index in [1.807, 2.05) is 30.3 Å². The highest BCUT2D eigenvalue weighted by atomic mass is 15.0. The second-order valence-corrected chi connectivity index (χ2v) is 17.3. The summed E-state index contributed by atoms with van der Waals surface area (Å²) in [5.74, 6) is 0.664. The minimum atomic E-state index is 0.632. The van der Waals surface area contributed by atoms with Crippen LogP contribution in [-0.4, -0.2) is 14.5 Å². The van der Waals surface area contributed by atoms with Crippen molar-refractivity contribution in [1.29, 1.82) is 5.26 Å². The SMILES string of the molecule is N#Cc1ccc(-c2ccc3nc(-c4ccc(-n5c6ccc(-c7ccc8ccccc8c7)cc6c6cc7ccccc7cc65)c5ccccc45)nc(-c4ccc(-c5ccccc5)cc4)c3c2)cc1. The van der Waals surface area contributed by atoms with Crippen LogP contribution in [0.25, 0.3) is 127 Å². The quantitative estimate of drug-likeness (QED) is 0.167. The number of aromatic nitrogens is 3. The summed E-state index contributed by atoms with van der Waals surface area (Å²) < 4.78 is 2.44. The van der Waals surface area contributed by atoms with Crippen LogP contribution in [0.5, 0.6) is 0 Å². The van der Waals surface area contributed by atoms with Gasteiger partial charge in [0.2, 0.25) is 0 Å². The molecule has 4 heteroatoms. The Bertz CT molecular complexity index is 4140. The molecule has 0 N–H and O–H groups in total. The Morgan fingerprint density at radius 1 is 0.343 bits per heavy atom. The van der Waals surface area contributed by atoms with Gasteiger partial charge in [-0.05, 0) is 127 Å². The molecule has 0 aliphatic carbocycles. The van der Waals surface area contributed by atoms with E-state index in [1.165, 1.54) is 49.0 Å². The van der Waals surface area contributed by atoms with Crippen molar-refractivity contribution < 1.29 is 0 Å². The number of nitriles is 1. The first-order valence-corrected chi connectivity index (χ1v) is 22.6. The molecule has 0 amide bonds. The van der Waals surface area contributed by atoms with Crippen LogP contribution >= 0.6 is 0 Å². The lowest BCUT2D eigenvalue weighted by Gasteiger charge is -2.16. The molecule has 0 unspecified atom stereocenters. The lowest BCUT2D eigenvalue weighted by molar-refractivity contribution is 1.19. The van der Waals surface area contributed by atoms with Crippen LogP contribution in [0.4, 0.5) is 0 Å². The molecule has 13 rings (SSSR count). The number of fused-ring (bicyclic) bond motifs is 7. The largest absolute Gasteiger partial charge is 0.309 e. The van der Waals surface area contributed by atoms with E-state index in [0.29, 0.717) is 11.4 Å². The topological polar surface area (TPSA) is 54.5 Å². The molecular formula is C63H38N4. The van der Waals surface area contributed by atoms with E-state index in [-0.39, 0.29) is 0 Å². The smallest absolute Gasteiger partial charge is 0.161 e. The van der Waals surface area contributed by atoms with Crippen LogP contribution in [0.1, 0.15) is 5.56 Å². The standard InChI is InChI=1S/C63H38N4/c64-39-40-18-20-44(21-19-40)50-28-31-58-57(37-50)62(45-25-22-43(23-26-45)41-10-2-1-3-11-41)66-63(65-58)54-30-33-59(53-17-9-8-16-52(53)54)67-60-32-29-51(49-27-24-42-12-4-5-13-46(42)34-49)36-55(60)56-35-47-14-6-7-15-48(47)38-61(56)67/h1-38H. The maximum absolute atomic E-state index is 9.47. The summed E-state index contributed by atoms with van der Waals surface area (Å²) in [5, 5.41) is 19.9. The fourth-order valence-electron chi connectivity index (χ4n) is 10.0. The van der Waals surface area contributed by atoms with Gasteiger partial charge >= 0.3 is 0 Å². The third-order valence-corrected chi connectivity index (χ3v) is 13.4. The highest BCUT2D eigenvalue weighted by molar-refractivity contribution is 6.16. The molecule has 67 heavy (non-hydrogen) atoms. The van der Waals surface area contributed by atoms with E-state index < -0.39 is 0 Å². The minimum absolute atomic E-state index is 0.632. The third-order valence-electron chi connectivity index (χ3n) is 13.4. The van der Waals surface area contributed by atoms with E-state index >= 15 is 0 Å². The van der Waals surface area contributed by atoms with Crippen molar-refractivity contribution in [2.45, 2.75) is 0 Å². The maximum atomic E-state index is 9.47. The van der Waals surface area contributed by atoms with Gasteiger partial charge in [0.1, 0.15) is 0 Å². The molecule has 2 heterocycles. The fraction of sp³-hybridized carbons (Fsp3) is 0. The molecule has 0 aliphatic heterocycles. The summed E-state index contributed by atoms with van der Waals surface area (Å²) in [4.78, 5) is 10.8. The first-order valence-electron chi connectivity index (χ1n) is 22.6. The molecule has 0 radical (unpaired) electrons. The zero-order valence-corrected chi connectivity index (χ0v) is 36.2. The van der Waals surface area contributed by atoms with E-state index in [9.17, 15) is 5.26 Å². The van der Waals surface area contributed by atoms with Crippen LogP contribution < -0.4 is 0 Å². The van der Waals surface area contributed by atoms with Gasteiger partial charge in [-0.25, -0.2) is 9.97 Å². The number of rotatable bonds is 6. The normalized spacial score (nSPS) is 11.6. The van der Waals surface area contributed by atoms with E-state index in [2.05, 4.69) is 211 Å². The van der Waals surface area contributed by atoms with E-state index in [0.717, 1.165) is 71.9 Å². The molecule has 0 saturated carbocycles. The molecule has 11 aromatic carbocycles. The van der Waals surface area contributed by atoms with Gasteiger partial charge in [-0.2, -0.15) is 5.26 Å². The Kier molecular flexibility index (Phi) is 8.87. The molecule has 4 nitrogen and oxygen atoms in total. The summed E-state index contributed by atoms with van der Waals surface area (Å²) in [7, 11) is 0. The maximum Gasteiger partial charge on any atom is 0.161 e. The first-order chi connectivity index (χ1) is 33.1. The Morgan fingerprint density at radius 3 is 1.69 bits per heavy atom. The van der Waals surface area contributed by atoms with Crippen LogP contribution in [-0.2, 0) is 0 Å². The molecule has 13 aromatic rings. The fourth-order valence-corrected chi connectivity index (χ4v) is 10.0. The van der Waals surface area contributed by atoms with Crippen molar-refractivity contribution >= 4 is 65.0 Å². The monoisotopic (exact) mass is 850 g/mol. The van der Waals surface area contributed by atoms with Gasteiger partial charge in [0.25, 0.3) is 0 Å². The van der Waals surface area contributed by atoms with Crippen molar-refractivity contribution in [3.05, 3.63) is 236 Å². The van der Waals surface area contributed by atoms with Gasteiger partial charge < -0.3 is 4.57 Å². The highest BCUT2D eigenvalue weighted by Crippen LogP contribution is 2.42. The highest BCUT2D eigenvalue weighted by Gasteiger charge is 2.20. The first kappa shape index (κ1) is 38.3. The second-order valence-electron chi connectivity index (χ2n) is 17.3. The predicted molar refractivity (Wildman–Crippen MR) is 278 cm³/mol. The Morgan fingerprint density at radius 2 is 0.896 bits per heavy atom. The second kappa shape index (κ2) is 15.5. The molecule has 310 valence electrons. The molecule has 0 atom stereocenters. The molecule has 0 spiro atoms. The molecule has 2 aromatic heterocycles. The van der Waals surface area contributed by atoms with Crippen LogP contribution in [0.15, 0.2) is 231 Å². The number of nitrogens with zero attached hydrogens (tertiary/aromatic N) is 4. The zero-order chi connectivity index (χ0) is 44.4. The van der Waals surface area contributed by atoms with E-state index in [4.69, 9.17) is 9.97 Å². The summed E-state index contributed by atoms with van der Waals surface area (Å²) in [6.07, 6.45) is 0. The van der Waals surface area contributed by atoms with Crippen LogP contribution in [0, 0.1) is 11.3 Å². The van der Waals surface area contributed by atoms with Crippen molar-refractivity contribution in [3.8, 4) is 67.8 Å². The lowest BCUT2D eigenvalue weighted by Crippen LogP contribution is -1.99. The average Bonchev–Trinajstić information content (AvgIpc) is 3.71. The summed E-state index contributed by atoms with van der Waals surface area (Å²) in [5.41, 5.74) is 14.5. The van der Waals surface area contributed by atoms with Gasteiger partial charge in [0.05, 0.1) is 39.6 Å². The van der Waals surface area contributed by atoms with E-state index in [1.54, 1.807) is 0 Å². The molecule has 0 saturated heterocycles. The Hall–Kier alpha value is -9.17. The van der Waals surface area contributed by atoms with Gasteiger partial charge in [-0.1, -0.05) is 164 Å². The Balaban J connectivity index is 1.00.